The molecule has 0 heterocycles. The zero-order valence-corrected chi connectivity index (χ0v) is 13.6. The maximum atomic E-state index is 12.0. The van der Waals surface area contributed by atoms with E-state index in [1.165, 1.54) is 24.3 Å². The van der Waals surface area contributed by atoms with Crippen molar-refractivity contribution in [2.45, 2.75) is 12.5 Å². The van der Waals surface area contributed by atoms with Crippen LogP contribution in [0.3, 0.4) is 0 Å². The van der Waals surface area contributed by atoms with Gasteiger partial charge in [-0.2, -0.15) is 0 Å². The van der Waals surface area contributed by atoms with E-state index in [4.69, 9.17) is 0 Å². The number of carbonyl (C=O) groups excluding carboxylic acids is 1. The van der Waals surface area contributed by atoms with Crippen LogP contribution in [0.15, 0.2) is 36.4 Å². The Labute approximate surface area is 151 Å². The van der Waals surface area contributed by atoms with Gasteiger partial charge in [0.15, 0.2) is 11.5 Å². The maximum Gasteiger partial charge on any atom is 0.326 e. The van der Waals surface area contributed by atoms with Gasteiger partial charge in [0.1, 0.15) is 11.8 Å². The number of aliphatic carboxylic acids is 1. The number of anilines is 1. The molecule has 0 aromatic heterocycles. The minimum Gasteiger partial charge on any atom is -0.508 e. The van der Waals surface area contributed by atoms with Gasteiger partial charge in [0.25, 0.3) is 5.69 Å². The van der Waals surface area contributed by atoms with Crippen molar-refractivity contribution < 1.29 is 34.9 Å². The Morgan fingerprint density at radius 1 is 1.04 bits per heavy atom. The van der Waals surface area contributed by atoms with Crippen molar-refractivity contribution in [1.82, 2.24) is 5.32 Å². The van der Waals surface area contributed by atoms with E-state index in [-0.39, 0.29) is 23.4 Å². The first-order valence-corrected chi connectivity index (χ1v) is 7.46. The first-order valence-electron chi connectivity index (χ1n) is 7.46. The first-order chi connectivity index (χ1) is 12.7. The Morgan fingerprint density at radius 3 is 2.19 bits per heavy atom. The van der Waals surface area contributed by atoms with E-state index in [0.29, 0.717) is 0 Å². The number of nitrogens with zero attached hydrogens (tertiary/aromatic N) is 1. The number of carboxylic acid groups (broad SMARTS) is 1. The van der Waals surface area contributed by atoms with Crippen LogP contribution in [0.1, 0.15) is 5.56 Å². The number of carboxylic acids is 1. The van der Waals surface area contributed by atoms with Crippen molar-refractivity contribution in [2.75, 3.05) is 5.32 Å². The van der Waals surface area contributed by atoms with Gasteiger partial charge in [-0.25, -0.2) is 9.59 Å². The van der Waals surface area contributed by atoms with Crippen molar-refractivity contribution >= 4 is 23.4 Å². The molecular formula is C16H15N3O8. The number of nitrogens with one attached hydrogen (secondary N) is 2. The molecule has 0 aliphatic carbocycles. The van der Waals surface area contributed by atoms with E-state index in [1.807, 2.05) is 0 Å². The maximum absolute atomic E-state index is 12.0. The Morgan fingerprint density at radius 2 is 1.63 bits per heavy atom. The summed E-state index contributed by atoms with van der Waals surface area (Å²) in [7, 11) is 0. The Bertz CT molecular complexity index is 882. The molecule has 0 saturated carbocycles. The molecule has 0 bridgehead atoms. The van der Waals surface area contributed by atoms with Gasteiger partial charge in [-0.3, -0.25) is 10.1 Å². The summed E-state index contributed by atoms with van der Waals surface area (Å²) in [6.07, 6.45) is -0.372. The molecule has 11 nitrogen and oxygen atoms in total. The quantitative estimate of drug-likeness (QED) is 0.189. The molecular weight excluding hydrogens is 362 g/mol. The predicted molar refractivity (Wildman–Crippen MR) is 91.8 cm³/mol. The molecule has 2 rings (SSSR count). The third-order valence-electron chi connectivity index (χ3n) is 3.54. The van der Waals surface area contributed by atoms with Crippen LogP contribution < -0.4 is 10.6 Å². The summed E-state index contributed by atoms with van der Waals surface area (Å²) < 4.78 is 0. The molecule has 2 aromatic carbocycles. The number of non-ortho nitro benzene ring substituents is 1. The van der Waals surface area contributed by atoms with Gasteiger partial charge in [-0.15, -0.1) is 0 Å². The second-order valence-electron chi connectivity index (χ2n) is 5.47. The lowest BCUT2D eigenvalue weighted by Crippen LogP contribution is -2.44. The number of hydrogen-bond acceptors (Lipinski definition) is 7. The number of nitro benzene ring substituents is 1. The van der Waals surface area contributed by atoms with E-state index in [9.17, 15) is 40.1 Å². The van der Waals surface area contributed by atoms with E-state index < -0.39 is 40.2 Å². The molecule has 2 amide bonds. The van der Waals surface area contributed by atoms with Crippen LogP contribution in [-0.4, -0.2) is 43.4 Å². The highest BCUT2D eigenvalue weighted by molar-refractivity contribution is 5.92. The summed E-state index contributed by atoms with van der Waals surface area (Å²) in [5.41, 5.74) is 0.0210. The van der Waals surface area contributed by atoms with Crippen molar-refractivity contribution in [1.29, 1.82) is 0 Å². The number of hydrogen-bond donors (Lipinski definition) is 6. The van der Waals surface area contributed by atoms with Crippen LogP contribution in [0, 0.1) is 10.1 Å². The number of rotatable bonds is 6. The summed E-state index contributed by atoms with van der Waals surface area (Å²) in [5, 5.41) is 52.8. The van der Waals surface area contributed by atoms with Crippen LogP contribution in [0.5, 0.6) is 17.2 Å². The summed E-state index contributed by atoms with van der Waals surface area (Å²) in [6.45, 7) is 0. The van der Waals surface area contributed by atoms with Crippen molar-refractivity contribution in [3.63, 3.8) is 0 Å². The fraction of sp³-hybridized carbons (Fsp3) is 0.125. The molecule has 11 heteroatoms. The predicted octanol–water partition coefficient (Wildman–Crippen LogP) is 1.53. The van der Waals surface area contributed by atoms with Crippen LogP contribution in [0.2, 0.25) is 0 Å². The highest BCUT2D eigenvalue weighted by Gasteiger charge is 2.23. The number of benzene rings is 2. The standard InChI is InChI=1S/C16H15N3O8/c20-12-7-14(22)13(21)6-8(12)5-11(15(23)24)18-16(25)17-9-1-3-10(4-2-9)19(26)27/h1-4,6-7,11,20-22H,5H2,(H,23,24)(H2,17,18,25). The Kier molecular flexibility index (Phi) is 5.65. The fourth-order valence-electron chi connectivity index (χ4n) is 2.18. The van der Waals surface area contributed by atoms with Gasteiger partial charge < -0.3 is 31.1 Å². The molecule has 0 aliphatic heterocycles. The lowest BCUT2D eigenvalue weighted by Gasteiger charge is -2.16. The SMILES string of the molecule is O=C(Nc1ccc([N+](=O)[O-])cc1)NC(Cc1cc(O)c(O)cc1O)C(=O)O. The van der Waals surface area contributed by atoms with Gasteiger partial charge in [-0.05, 0) is 18.2 Å². The molecule has 0 spiro atoms. The Hall–Kier alpha value is -4.02. The van der Waals surface area contributed by atoms with E-state index in [2.05, 4.69) is 10.6 Å². The second-order valence-corrected chi connectivity index (χ2v) is 5.47. The lowest BCUT2D eigenvalue weighted by molar-refractivity contribution is -0.384. The molecule has 2 aromatic rings. The minimum absolute atomic E-state index is 0.00617. The topological polar surface area (TPSA) is 182 Å². The minimum atomic E-state index is -1.46. The van der Waals surface area contributed by atoms with Crippen LogP contribution in [0.4, 0.5) is 16.2 Å². The normalized spacial score (nSPS) is 11.4. The van der Waals surface area contributed by atoms with Gasteiger partial charge >= 0.3 is 12.0 Å². The Balaban J connectivity index is 2.07. The number of aromatic hydroxyl groups is 3. The molecule has 1 unspecified atom stereocenters. The largest absolute Gasteiger partial charge is 0.508 e. The number of carbonyl (C=O) groups is 2. The summed E-state index contributed by atoms with van der Waals surface area (Å²) >= 11 is 0. The average molecular weight is 377 g/mol. The van der Waals surface area contributed by atoms with Crippen LogP contribution in [0.25, 0.3) is 0 Å². The van der Waals surface area contributed by atoms with E-state index in [0.717, 1.165) is 12.1 Å². The molecule has 142 valence electrons. The molecule has 1 atom stereocenters. The summed E-state index contributed by atoms with van der Waals surface area (Å²) in [5.74, 6) is -2.98. The zero-order valence-electron chi connectivity index (χ0n) is 13.6. The fourth-order valence-corrected chi connectivity index (χ4v) is 2.18. The van der Waals surface area contributed by atoms with Crippen molar-refractivity contribution in [3.05, 3.63) is 52.1 Å². The molecule has 0 fully saturated rings. The van der Waals surface area contributed by atoms with E-state index >= 15 is 0 Å². The molecule has 27 heavy (non-hydrogen) atoms. The number of amides is 2. The van der Waals surface area contributed by atoms with Crippen LogP contribution >= 0.6 is 0 Å². The zero-order chi connectivity index (χ0) is 20.1. The van der Waals surface area contributed by atoms with Gasteiger partial charge in [0, 0.05) is 35.9 Å². The van der Waals surface area contributed by atoms with Gasteiger partial charge in [0.05, 0.1) is 4.92 Å². The van der Waals surface area contributed by atoms with Crippen molar-refractivity contribution in [2.24, 2.45) is 0 Å². The number of nitro groups is 1. The van der Waals surface area contributed by atoms with Crippen LogP contribution in [-0.2, 0) is 11.2 Å². The first kappa shape index (κ1) is 19.3. The number of phenols is 3. The smallest absolute Gasteiger partial charge is 0.326 e. The number of phenolic OH excluding ortho intramolecular Hbond substituents is 3. The second kappa shape index (κ2) is 7.91. The molecule has 6 N–H and O–H groups in total. The monoisotopic (exact) mass is 377 g/mol. The van der Waals surface area contributed by atoms with Gasteiger partial charge in [-0.1, -0.05) is 0 Å². The third-order valence-corrected chi connectivity index (χ3v) is 3.54. The highest BCUT2D eigenvalue weighted by atomic mass is 16.6. The van der Waals surface area contributed by atoms with Gasteiger partial charge in [0.2, 0.25) is 0 Å². The molecule has 0 aliphatic rings. The third kappa shape index (κ3) is 4.98. The van der Waals surface area contributed by atoms with Crippen molar-refractivity contribution in [3.8, 4) is 17.2 Å². The molecule has 0 saturated heterocycles. The highest BCUT2D eigenvalue weighted by Crippen LogP contribution is 2.32. The summed E-state index contributed by atoms with van der Waals surface area (Å²) in [6, 6.07) is 4.37. The number of urea groups is 1. The molecule has 0 radical (unpaired) electrons. The van der Waals surface area contributed by atoms with E-state index in [1.54, 1.807) is 0 Å². The summed E-state index contributed by atoms with van der Waals surface area (Å²) in [4.78, 5) is 33.3. The lowest BCUT2D eigenvalue weighted by atomic mass is 10.0. The average Bonchev–Trinajstić information content (AvgIpc) is 2.59.